The molecule has 0 saturated heterocycles. The third kappa shape index (κ3) is 4.38. The molecule has 2 aromatic carbocycles. The number of amides is 1. The number of benzene rings is 2. The smallest absolute Gasteiger partial charge is 0.266 e. The zero-order chi connectivity index (χ0) is 17.7. The molecule has 0 saturated carbocycles. The molecule has 0 heterocycles. The number of hydrogen-bond donors (Lipinski definition) is 0. The minimum Gasteiger partial charge on any atom is -0.478 e. The fraction of sp³-hybridized carbons (Fsp3) is 0.350. The van der Waals surface area contributed by atoms with Gasteiger partial charge in [0.2, 0.25) is 0 Å². The predicted octanol–water partition coefficient (Wildman–Crippen LogP) is 5.14. The lowest BCUT2D eigenvalue weighted by atomic mass is 10.1. The fourth-order valence-electron chi connectivity index (χ4n) is 2.59. The van der Waals surface area contributed by atoms with Gasteiger partial charge in [-0.1, -0.05) is 40.2 Å². The molecule has 0 bridgehead atoms. The summed E-state index contributed by atoms with van der Waals surface area (Å²) in [6.45, 7) is 8.96. The van der Waals surface area contributed by atoms with Gasteiger partial charge in [-0.3, -0.25) is 4.79 Å². The molecule has 4 heteroatoms. The molecule has 128 valence electrons. The highest BCUT2D eigenvalue weighted by Crippen LogP contribution is 2.26. The van der Waals surface area contributed by atoms with E-state index in [2.05, 4.69) is 28.1 Å². The summed E-state index contributed by atoms with van der Waals surface area (Å²) >= 11 is 3.44. The number of carbonyl (C=O) groups is 1. The Bertz CT molecular complexity index is 674. The lowest BCUT2D eigenvalue weighted by molar-refractivity contribution is -0.145. The lowest BCUT2D eigenvalue weighted by Gasteiger charge is -2.31. The summed E-state index contributed by atoms with van der Waals surface area (Å²) in [5.74, 6) is 0.700. The van der Waals surface area contributed by atoms with Gasteiger partial charge in [0, 0.05) is 17.6 Å². The maximum absolute atomic E-state index is 12.5. The summed E-state index contributed by atoms with van der Waals surface area (Å²) in [5, 5.41) is 0. The summed E-state index contributed by atoms with van der Waals surface area (Å²) in [7, 11) is 0. The van der Waals surface area contributed by atoms with Crippen LogP contribution in [0.25, 0.3) is 11.1 Å². The van der Waals surface area contributed by atoms with Gasteiger partial charge in [-0.05, 0) is 63.1 Å². The number of carbonyl (C=O) groups excluding carboxylic acids is 1. The minimum absolute atomic E-state index is 0.00415. The zero-order valence-corrected chi connectivity index (χ0v) is 16.3. The third-order valence-electron chi connectivity index (χ3n) is 3.97. The van der Waals surface area contributed by atoms with Crippen LogP contribution in [0.1, 0.15) is 27.7 Å². The molecule has 3 nitrogen and oxygen atoms in total. The molecule has 24 heavy (non-hydrogen) atoms. The van der Waals surface area contributed by atoms with Gasteiger partial charge in [-0.2, -0.15) is 0 Å². The normalized spacial score (nSPS) is 11.2. The molecule has 0 aliphatic heterocycles. The monoisotopic (exact) mass is 389 g/mol. The number of rotatable bonds is 6. The van der Waals surface area contributed by atoms with Crippen molar-refractivity contribution in [1.29, 1.82) is 0 Å². The summed E-state index contributed by atoms with van der Waals surface area (Å²) in [5.41, 5.74) is 1.37. The van der Waals surface area contributed by atoms with E-state index in [1.54, 1.807) is 4.90 Å². The second kappa shape index (κ2) is 7.84. The third-order valence-corrected chi connectivity index (χ3v) is 4.50. The van der Waals surface area contributed by atoms with Crippen molar-refractivity contribution in [3.63, 3.8) is 0 Å². The zero-order valence-electron chi connectivity index (χ0n) is 14.7. The molecular formula is C20H24BrNO2. The average Bonchev–Trinajstić information content (AvgIpc) is 2.57. The van der Waals surface area contributed by atoms with Gasteiger partial charge in [-0.15, -0.1) is 0 Å². The van der Waals surface area contributed by atoms with Crippen molar-refractivity contribution in [3.8, 4) is 16.9 Å². The van der Waals surface area contributed by atoms with Crippen LogP contribution in [0.3, 0.4) is 0 Å². The number of likely N-dealkylation sites (N-methyl/N-ethyl adjacent to an activating group) is 1. The quantitative estimate of drug-likeness (QED) is 0.684. The van der Waals surface area contributed by atoms with Crippen LogP contribution in [0.4, 0.5) is 0 Å². The van der Waals surface area contributed by atoms with Crippen LogP contribution in [0, 0.1) is 0 Å². The van der Waals surface area contributed by atoms with E-state index in [9.17, 15) is 4.79 Å². The first-order valence-electron chi connectivity index (χ1n) is 8.21. The first-order valence-corrected chi connectivity index (χ1v) is 9.01. The Morgan fingerprint density at radius 3 is 1.88 bits per heavy atom. The van der Waals surface area contributed by atoms with Gasteiger partial charge in [-0.25, -0.2) is 0 Å². The van der Waals surface area contributed by atoms with Crippen molar-refractivity contribution < 1.29 is 9.53 Å². The first kappa shape index (κ1) is 18.5. The van der Waals surface area contributed by atoms with Gasteiger partial charge < -0.3 is 9.64 Å². The van der Waals surface area contributed by atoms with Crippen molar-refractivity contribution in [2.45, 2.75) is 33.3 Å². The first-order chi connectivity index (χ1) is 11.4. The topological polar surface area (TPSA) is 29.5 Å². The Balaban J connectivity index is 2.13. The standard InChI is InChI=1S/C20H24BrNO2/c1-5-22(6-2)19(23)20(3,4)24-18-13-9-16(10-14-18)15-7-11-17(21)12-8-15/h7-14H,5-6H2,1-4H3. The number of hydrogen-bond acceptors (Lipinski definition) is 2. The van der Waals surface area contributed by atoms with E-state index in [1.165, 1.54) is 0 Å². The molecule has 0 fully saturated rings. The highest BCUT2D eigenvalue weighted by molar-refractivity contribution is 9.10. The minimum atomic E-state index is -0.884. The molecule has 2 rings (SSSR count). The van der Waals surface area contributed by atoms with E-state index in [0.29, 0.717) is 18.8 Å². The Labute approximate surface area is 152 Å². The highest BCUT2D eigenvalue weighted by atomic mass is 79.9. The molecule has 0 N–H and O–H groups in total. The summed E-state index contributed by atoms with van der Waals surface area (Å²) in [6, 6.07) is 16.0. The molecule has 0 aliphatic rings. The molecule has 0 aromatic heterocycles. The van der Waals surface area contributed by atoms with Crippen LogP contribution in [0.15, 0.2) is 53.0 Å². The van der Waals surface area contributed by atoms with Crippen molar-refractivity contribution in [2.24, 2.45) is 0 Å². The van der Waals surface area contributed by atoms with Crippen molar-refractivity contribution in [2.75, 3.05) is 13.1 Å². The van der Waals surface area contributed by atoms with Crippen LogP contribution >= 0.6 is 15.9 Å². The maximum Gasteiger partial charge on any atom is 0.266 e. The van der Waals surface area contributed by atoms with Crippen LogP contribution in [0.5, 0.6) is 5.75 Å². The summed E-state index contributed by atoms with van der Waals surface area (Å²) in [6.07, 6.45) is 0. The molecule has 0 radical (unpaired) electrons. The highest BCUT2D eigenvalue weighted by Gasteiger charge is 2.33. The van der Waals surface area contributed by atoms with E-state index in [-0.39, 0.29) is 5.91 Å². The number of nitrogens with zero attached hydrogens (tertiary/aromatic N) is 1. The van der Waals surface area contributed by atoms with E-state index < -0.39 is 5.60 Å². The Morgan fingerprint density at radius 1 is 0.958 bits per heavy atom. The molecular weight excluding hydrogens is 366 g/mol. The maximum atomic E-state index is 12.5. The van der Waals surface area contributed by atoms with Crippen LogP contribution in [-0.4, -0.2) is 29.5 Å². The summed E-state index contributed by atoms with van der Waals surface area (Å²) < 4.78 is 7.02. The van der Waals surface area contributed by atoms with E-state index in [1.807, 2.05) is 64.1 Å². The molecule has 2 aromatic rings. The number of ether oxygens (including phenoxy) is 1. The molecule has 0 spiro atoms. The van der Waals surface area contributed by atoms with Crippen molar-refractivity contribution in [1.82, 2.24) is 4.90 Å². The molecule has 0 aliphatic carbocycles. The predicted molar refractivity (Wildman–Crippen MR) is 102 cm³/mol. The van der Waals surface area contributed by atoms with Gasteiger partial charge >= 0.3 is 0 Å². The van der Waals surface area contributed by atoms with E-state index in [0.717, 1.165) is 15.6 Å². The van der Waals surface area contributed by atoms with E-state index >= 15 is 0 Å². The number of halogens is 1. The van der Waals surface area contributed by atoms with Crippen LogP contribution in [-0.2, 0) is 4.79 Å². The van der Waals surface area contributed by atoms with Crippen molar-refractivity contribution >= 4 is 21.8 Å². The Kier molecular flexibility index (Phi) is 6.05. The van der Waals surface area contributed by atoms with Gasteiger partial charge in [0.25, 0.3) is 5.91 Å². The molecule has 1 amide bonds. The van der Waals surface area contributed by atoms with Gasteiger partial charge in [0.15, 0.2) is 5.60 Å². The van der Waals surface area contributed by atoms with Crippen molar-refractivity contribution in [3.05, 3.63) is 53.0 Å². The SMILES string of the molecule is CCN(CC)C(=O)C(C)(C)Oc1ccc(-c2ccc(Br)cc2)cc1. The molecule has 0 atom stereocenters. The fourth-order valence-corrected chi connectivity index (χ4v) is 2.85. The second-order valence-electron chi connectivity index (χ2n) is 6.12. The van der Waals surface area contributed by atoms with Gasteiger partial charge in [0.1, 0.15) is 5.75 Å². The van der Waals surface area contributed by atoms with Crippen LogP contribution < -0.4 is 4.74 Å². The second-order valence-corrected chi connectivity index (χ2v) is 7.04. The lowest BCUT2D eigenvalue weighted by Crippen LogP contribution is -2.48. The Hall–Kier alpha value is -1.81. The van der Waals surface area contributed by atoms with Crippen LogP contribution in [0.2, 0.25) is 0 Å². The Morgan fingerprint density at radius 2 is 1.42 bits per heavy atom. The summed E-state index contributed by atoms with van der Waals surface area (Å²) in [4.78, 5) is 14.3. The van der Waals surface area contributed by atoms with E-state index in [4.69, 9.17) is 4.74 Å². The van der Waals surface area contributed by atoms with Gasteiger partial charge in [0.05, 0.1) is 0 Å². The molecule has 0 unspecified atom stereocenters. The average molecular weight is 390 g/mol. The largest absolute Gasteiger partial charge is 0.478 e.